The Morgan fingerprint density at radius 3 is 2.64 bits per heavy atom. The molecule has 3 amide bonds. The number of rotatable bonds is 5. The summed E-state index contributed by atoms with van der Waals surface area (Å²) in [6, 6.07) is 14.2. The van der Waals surface area contributed by atoms with Gasteiger partial charge >= 0.3 is 0 Å². The Labute approximate surface area is 145 Å². The van der Waals surface area contributed by atoms with Crippen molar-refractivity contribution in [2.75, 3.05) is 10.6 Å². The molecule has 25 heavy (non-hydrogen) atoms. The number of carbonyl (C=O) groups is 3. The number of hydrogen-bond acceptors (Lipinski definition) is 3. The molecule has 1 atom stereocenters. The third-order valence-electron chi connectivity index (χ3n) is 4.30. The van der Waals surface area contributed by atoms with Gasteiger partial charge in [-0.05, 0) is 36.6 Å². The first-order valence-electron chi connectivity index (χ1n) is 8.12. The molecule has 2 aromatic carbocycles. The van der Waals surface area contributed by atoms with Crippen molar-refractivity contribution in [3.05, 3.63) is 59.7 Å². The Bertz CT molecular complexity index is 832. The Balaban J connectivity index is 1.60. The van der Waals surface area contributed by atoms with E-state index in [2.05, 4.69) is 10.6 Å². The Kier molecular flexibility index (Phi) is 4.79. The zero-order chi connectivity index (χ0) is 17.8. The first-order chi connectivity index (χ1) is 12.0. The molecule has 1 aliphatic rings. The van der Waals surface area contributed by atoms with Crippen LogP contribution in [0.5, 0.6) is 0 Å². The van der Waals surface area contributed by atoms with Gasteiger partial charge in [0.1, 0.15) is 0 Å². The molecule has 6 nitrogen and oxygen atoms in total. The quantitative estimate of drug-likeness (QED) is 0.780. The highest BCUT2D eigenvalue weighted by Gasteiger charge is 2.26. The normalized spacial score (nSPS) is 15.8. The second-order valence-corrected chi connectivity index (χ2v) is 6.04. The summed E-state index contributed by atoms with van der Waals surface area (Å²) >= 11 is 0. The molecule has 0 fully saturated rings. The molecule has 0 aliphatic carbocycles. The molecule has 6 heteroatoms. The van der Waals surface area contributed by atoms with Crippen LogP contribution in [0.2, 0.25) is 0 Å². The van der Waals surface area contributed by atoms with Crippen LogP contribution in [0.15, 0.2) is 48.5 Å². The molecule has 0 spiro atoms. The summed E-state index contributed by atoms with van der Waals surface area (Å²) in [5, 5.41) is 5.57. The largest absolute Gasteiger partial charge is 0.366 e. The van der Waals surface area contributed by atoms with E-state index in [1.54, 1.807) is 24.3 Å². The van der Waals surface area contributed by atoms with Crippen LogP contribution < -0.4 is 16.4 Å². The zero-order valence-electron chi connectivity index (χ0n) is 13.6. The molecular formula is C19H19N3O3. The van der Waals surface area contributed by atoms with Crippen LogP contribution in [0, 0.1) is 5.92 Å². The fraction of sp³-hybridized carbons (Fsp3) is 0.211. The van der Waals surface area contributed by atoms with Crippen molar-refractivity contribution in [2.24, 2.45) is 11.7 Å². The lowest BCUT2D eigenvalue weighted by atomic mass is 9.89. The standard InChI is InChI=1S/C19H19N3O3/c20-18(24)14-6-2-4-8-16(14)21-17(23)10-9-13-11-12-5-1-3-7-15(12)22-19(13)25/h1-8,13H,9-11H2,(H2,20,24)(H,21,23)(H,22,25). The van der Waals surface area contributed by atoms with Gasteiger partial charge in [-0.2, -0.15) is 0 Å². The number of fused-ring (bicyclic) bond motifs is 1. The van der Waals surface area contributed by atoms with E-state index in [1.165, 1.54) is 0 Å². The van der Waals surface area contributed by atoms with Crippen LogP contribution in [0.4, 0.5) is 11.4 Å². The lowest BCUT2D eigenvalue weighted by Gasteiger charge is -2.24. The fourth-order valence-corrected chi connectivity index (χ4v) is 2.97. The van der Waals surface area contributed by atoms with Crippen LogP contribution in [0.25, 0.3) is 0 Å². The van der Waals surface area contributed by atoms with Crippen molar-refractivity contribution >= 4 is 29.1 Å². The van der Waals surface area contributed by atoms with Gasteiger partial charge in [-0.25, -0.2) is 0 Å². The van der Waals surface area contributed by atoms with E-state index in [0.29, 0.717) is 18.5 Å². The van der Waals surface area contributed by atoms with Gasteiger partial charge in [0.2, 0.25) is 11.8 Å². The highest BCUT2D eigenvalue weighted by atomic mass is 16.2. The topological polar surface area (TPSA) is 101 Å². The highest BCUT2D eigenvalue weighted by molar-refractivity contribution is 6.03. The van der Waals surface area contributed by atoms with Gasteiger partial charge in [0.15, 0.2) is 0 Å². The first-order valence-corrected chi connectivity index (χ1v) is 8.12. The predicted molar refractivity (Wildman–Crippen MR) is 95.1 cm³/mol. The van der Waals surface area contributed by atoms with Crippen molar-refractivity contribution in [3.8, 4) is 0 Å². The van der Waals surface area contributed by atoms with Crippen molar-refractivity contribution in [2.45, 2.75) is 19.3 Å². The average molecular weight is 337 g/mol. The lowest BCUT2D eigenvalue weighted by Crippen LogP contribution is -2.30. The number of para-hydroxylation sites is 2. The van der Waals surface area contributed by atoms with Crippen LogP contribution in [-0.4, -0.2) is 17.7 Å². The average Bonchev–Trinajstić information content (AvgIpc) is 2.60. The van der Waals surface area contributed by atoms with Crippen LogP contribution in [-0.2, 0) is 16.0 Å². The van der Waals surface area contributed by atoms with Gasteiger partial charge in [-0.3, -0.25) is 14.4 Å². The summed E-state index contributed by atoms with van der Waals surface area (Å²) in [6.07, 6.45) is 1.24. The van der Waals surface area contributed by atoms with Gasteiger partial charge in [0.05, 0.1) is 11.3 Å². The van der Waals surface area contributed by atoms with E-state index < -0.39 is 5.91 Å². The van der Waals surface area contributed by atoms with E-state index in [1.807, 2.05) is 24.3 Å². The molecule has 4 N–H and O–H groups in total. The van der Waals surface area contributed by atoms with E-state index in [4.69, 9.17) is 5.73 Å². The van der Waals surface area contributed by atoms with Crippen molar-refractivity contribution in [3.63, 3.8) is 0 Å². The maximum atomic E-state index is 12.2. The van der Waals surface area contributed by atoms with Gasteiger partial charge in [-0.1, -0.05) is 30.3 Å². The van der Waals surface area contributed by atoms with Gasteiger partial charge in [0.25, 0.3) is 5.91 Å². The molecule has 128 valence electrons. The maximum Gasteiger partial charge on any atom is 0.250 e. The van der Waals surface area contributed by atoms with E-state index >= 15 is 0 Å². The van der Waals surface area contributed by atoms with Crippen LogP contribution in [0.1, 0.15) is 28.8 Å². The molecule has 1 heterocycles. The minimum absolute atomic E-state index is 0.0657. The van der Waals surface area contributed by atoms with E-state index in [9.17, 15) is 14.4 Å². The van der Waals surface area contributed by atoms with Gasteiger partial charge in [-0.15, -0.1) is 0 Å². The number of hydrogen-bond donors (Lipinski definition) is 3. The van der Waals surface area contributed by atoms with Gasteiger partial charge in [0, 0.05) is 18.0 Å². The summed E-state index contributed by atoms with van der Waals surface area (Å²) in [4.78, 5) is 35.7. The van der Waals surface area contributed by atoms with Crippen molar-refractivity contribution < 1.29 is 14.4 Å². The van der Waals surface area contributed by atoms with E-state index in [-0.39, 0.29) is 29.7 Å². The number of amides is 3. The maximum absolute atomic E-state index is 12.2. The second kappa shape index (κ2) is 7.17. The lowest BCUT2D eigenvalue weighted by molar-refractivity contribution is -0.121. The zero-order valence-corrected chi connectivity index (χ0v) is 13.6. The number of carbonyl (C=O) groups excluding carboxylic acids is 3. The summed E-state index contributed by atoms with van der Waals surface area (Å²) < 4.78 is 0. The SMILES string of the molecule is NC(=O)c1ccccc1NC(=O)CCC1Cc2ccccc2NC1=O. The van der Waals surface area contributed by atoms with E-state index in [0.717, 1.165) is 11.3 Å². The Morgan fingerprint density at radius 2 is 1.84 bits per heavy atom. The number of benzene rings is 2. The molecule has 1 aliphatic heterocycles. The molecule has 1 unspecified atom stereocenters. The summed E-state index contributed by atoms with van der Waals surface area (Å²) in [6.45, 7) is 0. The number of nitrogens with one attached hydrogen (secondary N) is 2. The Hall–Kier alpha value is -3.15. The minimum atomic E-state index is -0.598. The third kappa shape index (κ3) is 3.85. The molecule has 0 aromatic heterocycles. The van der Waals surface area contributed by atoms with Crippen molar-refractivity contribution in [1.29, 1.82) is 0 Å². The molecular weight excluding hydrogens is 318 g/mol. The Morgan fingerprint density at radius 1 is 1.12 bits per heavy atom. The monoisotopic (exact) mass is 337 g/mol. The third-order valence-corrected chi connectivity index (χ3v) is 4.30. The van der Waals surface area contributed by atoms with Gasteiger partial charge < -0.3 is 16.4 Å². The summed E-state index contributed by atoms with van der Waals surface area (Å²) in [5.41, 5.74) is 7.87. The smallest absolute Gasteiger partial charge is 0.250 e. The molecule has 2 aromatic rings. The fourth-order valence-electron chi connectivity index (χ4n) is 2.97. The summed E-state index contributed by atoms with van der Waals surface area (Å²) in [7, 11) is 0. The molecule has 0 saturated heterocycles. The number of anilines is 2. The number of nitrogens with two attached hydrogens (primary N) is 1. The molecule has 0 radical (unpaired) electrons. The van der Waals surface area contributed by atoms with Crippen LogP contribution in [0.3, 0.4) is 0 Å². The first kappa shape index (κ1) is 16.7. The highest BCUT2D eigenvalue weighted by Crippen LogP contribution is 2.27. The van der Waals surface area contributed by atoms with Crippen molar-refractivity contribution in [1.82, 2.24) is 0 Å². The predicted octanol–water partition coefficient (Wildman–Crippen LogP) is 2.32. The summed E-state index contributed by atoms with van der Waals surface area (Å²) in [5.74, 6) is -1.16. The molecule has 3 rings (SSSR count). The minimum Gasteiger partial charge on any atom is -0.366 e. The van der Waals surface area contributed by atoms with Crippen LogP contribution >= 0.6 is 0 Å². The second-order valence-electron chi connectivity index (χ2n) is 6.04. The molecule has 0 bridgehead atoms. The molecule has 0 saturated carbocycles. The number of primary amides is 1.